The number of thioether (sulfide) groups is 1. The van der Waals surface area contributed by atoms with Crippen LogP contribution in [-0.4, -0.2) is 49.2 Å². The summed E-state index contributed by atoms with van der Waals surface area (Å²) in [5.74, 6) is 0.617. The molecule has 26 heavy (non-hydrogen) atoms. The van der Waals surface area contributed by atoms with Crippen molar-refractivity contribution in [3.8, 4) is 5.75 Å². The third kappa shape index (κ3) is 4.22. The van der Waals surface area contributed by atoms with Gasteiger partial charge in [-0.3, -0.25) is 14.4 Å². The van der Waals surface area contributed by atoms with Crippen LogP contribution in [0.15, 0.2) is 22.5 Å². The summed E-state index contributed by atoms with van der Waals surface area (Å²) in [6.07, 6.45) is 0.0429. The number of fused-ring (bicyclic) bond motifs is 1. The number of rotatable bonds is 5. The maximum Gasteiger partial charge on any atom is 0.269 e. The molecule has 0 unspecified atom stereocenters. The molecular weight excluding hydrogens is 420 g/mol. The van der Waals surface area contributed by atoms with E-state index in [0.29, 0.717) is 15.8 Å². The highest BCUT2D eigenvalue weighted by molar-refractivity contribution is 8.01. The molecule has 0 spiro atoms. The van der Waals surface area contributed by atoms with Gasteiger partial charge in [0.2, 0.25) is 15.2 Å². The van der Waals surface area contributed by atoms with E-state index >= 15 is 0 Å². The number of nitrogens with one attached hydrogen (secondary N) is 1. The van der Waals surface area contributed by atoms with Crippen LogP contribution in [0.25, 0.3) is 0 Å². The fraction of sp³-hybridized carbons (Fsp3) is 0.357. The Balaban J connectivity index is 1.82. The van der Waals surface area contributed by atoms with E-state index < -0.39 is 22.0 Å². The summed E-state index contributed by atoms with van der Waals surface area (Å²) >= 11 is 8.72. The maximum absolute atomic E-state index is 12.5. The Hall–Kier alpha value is -1.56. The highest BCUT2D eigenvalue weighted by Crippen LogP contribution is 2.37. The number of sulfonamides is 1. The van der Waals surface area contributed by atoms with Gasteiger partial charge >= 0.3 is 0 Å². The van der Waals surface area contributed by atoms with Crippen molar-refractivity contribution >= 4 is 61.4 Å². The molecule has 1 aliphatic rings. The van der Waals surface area contributed by atoms with Crippen molar-refractivity contribution in [2.24, 2.45) is 0 Å². The van der Waals surface area contributed by atoms with E-state index in [4.69, 9.17) is 16.3 Å². The Kier molecular flexibility index (Phi) is 5.61. The number of amides is 1. The zero-order valence-corrected chi connectivity index (χ0v) is 17.0. The van der Waals surface area contributed by atoms with Crippen LogP contribution in [0.4, 0.5) is 10.8 Å². The van der Waals surface area contributed by atoms with Gasteiger partial charge in [-0.1, -0.05) is 41.6 Å². The summed E-state index contributed by atoms with van der Waals surface area (Å²) in [6.45, 7) is 1.83. The van der Waals surface area contributed by atoms with Crippen LogP contribution < -0.4 is 14.4 Å². The van der Waals surface area contributed by atoms with Crippen molar-refractivity contribution in [3.05, 3.63) is 23.2 Å². The second kappa shape index (κ2) is 7.59. The second-order valence-corrected chi connectivity index (χ2v) is 10.1. The fourth-order valence-electron chi connectivity index (χ4n) is 2.30. The largest absolute Gasteiger partial charge is 0.476 e. The van der Waals surface area contributed by atoms with E-state index in [-0.39, 0.29) is 12.3 Å². The van der Waals surface area contributed by atoms with E-state index in [1.807, 2.05) is 6.92 Å². The number of halogens is 1. The first kappa shape index (κ1) is 19.2. The molecule has 2 heterocycles. The Labute approximate surface area is 163 Å². The molecule has 12 heteroatoms. The molecule has 1 N–H and O–H groups in total. The molecule has 2 aromatic rings. The van der Waals surface area contributed by atoms with E-state index in [2.05, 4.69) is 15.5 Å². The number of anilines is 2. The van der Waals surface area contributed by atoms with Crippen molar-refractivity contribution in [1.29, 1.82) is 0 Å². The molecule has 1 aromatic heterocycles. The highest BCUT2D eigenvalue weighted by Gasteiger charge is 2.35. The second-order valence-electron chi connectivity index (χ2n) is 5.31. The van der Waals surface area contributed by atoms with Crippen molar-refractivity contribution in [3.63, 3.8) is 0 Å². The van der Waals surface area contributed by atoms with Gasteiger partial charge in [0.05, 0.1) is 18.5 Å². The summed E-state index contributed by atoms with van der Waals surface area (Å²) in [5.41, 5.74) is 0.307. The van der Waals surface area contributed by atoms with Crippen molar-refractivity contribution < 1.29 is 17.9 Å². The molecule has 3 rings (SSSR count). The molecule has 1 amide bonds. The minimum absolute atomic E-state index is 0.159. The molecule has 0 radical (unpaired) electrons. The van der Waals surface area contributed by atoms with E-state index in [1.54, 1.807) is 6.07 Å². The Morgan fingerprint density at radius 3 is 2.96 bits per heavy atom. The van der Waals surface area contributed by atoms with Gasteiger partial charge in [0.25, 0.3) is 5.91 Å². The Morgan fingerprint density at radius 2 is 2.27 bits per heavy atom. The molecule has 0 saturated carbocycles. The standard InChI is InChI=1S/C14H15ClN4O4S3/c1-3-24-14-18-17-13(25-14)16-12(20)11-7-19(26(2,21)22)9-6-8(15)4-5-10(9)23-11/h4-6,11H,3,7H2,1-2H3,(H,16,17,20)/t11-/m1/s1. The van der Waals surface area contributed by atoms with Crippen molar-refractivity contribution in [2.75, 3.05) is 28.2 Å². The zero-order valence-electron chi connectivity index (χ0n) is 13.8. The third-order valence-electron chi connectivity index (χ3n) is 3.39. The summed E-state index contributed by atoms with van der Waals surface area (Å²) < 4.78 is 31.8. The molecule has 0 aliphatic carbocycles. The van der Waals surface area contributed by atoms with E-state index in [0.717, 1.165) is 20.7 Å². The van der Waals surface area contributed by atoms with Crippen LogP contribution >= 0.6 is 34.7 Å². The van der Waals surface area contributed by atoms with Gasteiger partial charge in [-0.25, -0.2) is 8.42 Å². The predicted octanol–water partition coefficient (Wildman–Crippen LogP) is 2.47. The molecule has 8 nitrogen and oxygen atoms in total. The van der Waals surface area contributed by atoms with Crippen LogP contribution in [0.2, 0.25) is 5.02 Å². The molecule has 1 aromatic carbocycles. The fourth-order valence-corrected chi connectivity index (χ4v) is 5.03. The van der Waals surface area contributed by atoms with Crippen LogP contribution in [0.5, 0.6) is 5.75 Å². The highest BCUT2D eigenvalue weighted by atomic mass is 35.5. The average Bonchev–Trinajstić information content (AvgIpc) is 3.00. The lowest BCUT2D eigenvalue weighted by molar-refractivity contribution is -0.122. The number of aromatic nitrogens is 2. The first-order valence-electron chi connectivity index (χ1n) is 7.49. The Bertz CT molecular complexity index is 934. The lowest BCUT2D eigenvalue weighted by Crippen LogP contribution is -2.48. The van der Waals surface area contributed by atoms with Gasteiger partial charge in [-0.2, -0.15) is 0 Å². The van der Waals surface area contributed by atoms with Crippen LogP contribution in [0.3, 0.4) is 0 Å². The molecule has 140 valence electrons. The van der Waals surface area contributed by atoms with Crippen LogP contribution in [-0.2, 0) is 14.8 Å². The zero-order chi connectivity index (χ0) is 18.9. The number of benzene rings is 1. The van der Waals surface area contributed by atoms with E-state index in [9.17, 15) is 13.2 Å². The normalized spacial score (nSPS) is 16.7. The Morgan fingerprint density at radius 1 is 1.50 bits per heavy atom. The molecular formula is C14H15ClN4O4S3. The maximum atomic E-state index is 12.5. The monoisotopic (exact) mass is 434 g/mol. The summed E-state index contributed by atoms with van der Waals surface area (Å²) in [7, 11) is -3.61. The number of hydrogen-bond donors (Lipinski definition) is 1. The SMILES string of the molecule is CCSc1nnc(NC(=O)[C@H]2CN(S(C)(=O)=O)c3cc(Cl)ccc3O2)s1. The van der Waals surface area contributed by atoms with Crippen molar-refractivity contribution in [1.82, 2.24) is 10.2 Å². The molecule has 0 bridgehead atoms. The molecule has 1 atom stereocenters. The number of hydrogen-bond acceptors (Lipinski definition) is 8. The first-order chi connectivity index (χ1) is 12.3. The topological polar surface area (TPSA) is 101 Å². The lowest BCUT2D eigenvalue weighted by atomic mass is 10.2. The van der Waals surface area contributed by atoms with Gasteiger partial charge in [-0.05, 0) is 24.0 Å². The van der Waals surface area contributed by atoms with Gasteiger partial charge < -0.3 is 4.74 Å². The van der Waals surface area contributed by atoms with Crippen LogP contribution in [0.1, 0.15) is 6.92 Å². The number of nitrogens with zero attached hydrogens (tertiary/aromatic N) is 3. The lowest BCUT2D eigenvalue weighted by Gasteiger charge is -2.33. The summed E-state index contributed by atoms with van der Waals surface area (Å²) in [4.78, 5) is 12.5. The molecule has 1 aliphatic heterocycles. The quantitative estimate of drug-likeness (QED) is 0.569. The third-order valence-corrected chi connectivity index (χ3v) is 6.62. The van der Waals surface area contributed by atoms with E-state index in [1.165, 1.54) is 35.2 Å². The van der Waals surface area contributed by atoms with Gasteiger partial charge in [0, 0.05) is 5.02 Å². The minimum atomic E-state index is -3.61. The number of carbonyl (C=O) groups is 1. The van der Waals surface area contributed by atoms with Crippen molar-refractivity contribution in [2.45, 2.75) is 17.4 Å². The number of carbonyl (C=O) groups excluding carboxylic acids is 1. The van der Waals surface area contributed by atoms with Gasteiger partial charge in [-0.15, -0.1) is 10.2 Å². The molecule has 0 fully saturated rings. The predicted molar refractivity (Wildman–Crippen MR) is 103 cm³/mol. The molecule has 0 saturated heterocycles. The smallest absolute Gasteiger partial charge is 0.269 e. The summed E-state index contributed by atoms with van der Waals surface area (Å²) in [6, 6.07) is 4.60. The van der Waals surface area contributed by atoms with Gasteiger partial charge in [0.1, 0.15) is 5.75 Å². The minimum Gasteiger partial charge on any atom is -0.476 e. The average molecular weight is 435 g/mol. The van der Waals surface area contributed by atoms with Gasteiger partial charge in [0.15, 0.2) is 10.4 Å². The first-order valence-corrected chi connectivity index (χ1v) is 11.5. The van der Waals surface area contributed by atoms with Crippen LogP contribution in [0, 0.1) is 0 Å². The number of ether oxygens (including phenoxy) is 1. The summed E-state index contributed by atoms with van der Waals surface area (Å²) in [5, 5.41) is 11.2.